The summed E-state index contributed by atoms with van der Waals surface area (Å²) in [6.07, 6.45) is 1.67. The van der Waals surface area contributed by atoms with E-state index in [0.717, 1.165) is 11.3 Å². The highest BCUT2D eigenvalue weighted by Crippen LogP contribution is 2.18. The fraction of sp³-hybridized carbons (Fsp3) is 0.118. The smallest absolute Gasteiger partial charge is 0.216 e. The van der Waals surface area contributed by atoms with Gasteiger partial charge in [0.2, 0.25) is 4.77 Å². The van der Waals surface area contributed by atoms with Gasteiger partial charge in [-0.1, -0.05) is 0 Å². The van der Waals surface area contributed by atoms with Crippen LogP contribution in [0, 0.1) is 10.6 Å². The zero-order chi connectivity index (χ0) is 16.9. The second kappa shape index (κ2) is 7.18. The Morgan fingerprint density at radius 1 is 1.21 bits per heavy atom. The van der Waals surface area contributed by atoms with Crippen molar-refractivity contribution in [2.75, 3.05) is 6.61 Å². The Morgan fingerprint density at radius 2 is 1.92 bits per heavy atom. The van der Waals surface area contributed by atoms with Gasteiger partial charge in [-0.05, 0) is 73.2 Å². The second-order valence-electron chi connectivity index (χ2n) is 4.92. The zero-order valence-corrected chi connectivity index (χ0v) is 13.8. The van der Waals surface area contributed by atoms with Gasteiger partial charge in [-0.3, -0.25) is 0 Å². The molecule has 0 unspecified atom stereocenters. The summed E-state index contributed by atoms with van der Waals surface area (Å²) < 4.78 is 20.3. The Hall–Kier alpha value is -2.80. The fourth-order valence-corrected chi connectivity index (χ4v) is 2.31. The highest BCUT2D eigenvalue weighted by Gasteiger charge is 2.08. The summed E-state index contributed by atoms with van der Waals surface area (Å²) in [5, 5.41) is 11.2. The van der Waals surface area contributed by atoms with Crippen LogP contribution in [-0.2, 0) is 0 Å². The number of nitrogens with zero attached hydrogens (tertiary/aromatic N) is 3. The molecule has 0 bridgehead atoms. The van der Waals surface area contributed by atoms with Gasteiger partial charge in [-0.15, -0.1) is 0 Å². The molecule has 1 heterocycles. The van der Waals surface area contributed by atoms with Crippen molar-refractivity contribution in [2.45, 2.75) is 6.92 Å². The van der Waals surface area contributed by atoms with Gasteiger partial charge in [0.15, 0.2) is 5.82 Å². The van der Waals surface area contributed by atoms with Gasteiger partial charge in [0.05, 0.1) is 12.8 Å². The predicted molar refractivity (Wildman–Crippen MR) is 93.4 cm³/mol. The summed E-state index contributed by atoms with van der Waals surface area (Å²) in [4.78, 5) is 0. The van der Waals surface area contributed by atoms with E-state index in [1.54, 1.807) is 18.3 Å². The van der Waals surface area contributed by atoms with E-state index < -0.39 is 0 Å². The first-order chi connectivity index (χ1) is 11.7. The molecule has 1 aromatic heterocycles. The van der Waals surface area contributed by atoms with Crippen LogP contribution in [-0.4, -0.2) is 27.7 Å². The molecule has 5 nitrogen and oxygen atoms in total. The minimum atomic E-state index is -0.308. The molecule has 122 valence electrons. The highest BCUT2D eigenvalue weighted by molar-refractivity contribution is 7.71. The maximum Gasteiger partial charge on any atom is 0.216 e. The molecule has 3 rings (SSSR count). The van der Waals surface area contributed by atoms with Gasteiger partial charge in [-0.2, -0.15) is 14.9 Å². The Kier molecular flexibility index (Phi) is 4.81. The molecule has 0 aliphatic heterocycles. The van der Waals surface area contributed by atoms with Crippen LogP contribution in [0.25, 0.3) is 11.4 Å². The molecule has 0 radical (unpaired) electrons. The number of aromatic amines is 1. The molecule has 0 amide bonds. The normalized spacial score (nSPS) is 11.1. The number of nitrogens with one attached hydrogen (secondary N) is 1. The molecular weight excluding hydrogens is 327 g/mol. The molecule has 24 heavy (non-hydrogen) atoms. The molecule has 0 atom stereocenters. The lowest BCUT2D eigenvalue weighted by molar-refractivity contribution is 0.340. The van der Waals surface area contributed by atoms with Crippen LogP contribution < -0.4 is 4.74 Å². The lowest BCUT2D eigenvalue weighted by atomic mass is 10.2. The average Bonchev–Trinajstić information content (AvgIpc) is 2.96. The summed E-state index contributed by atoms with van der Waals surface area (Å²) in [5.41, 5.74) is 1.61. The van der Waals surface area contributed by atoms with Crippen molar-refractivity contribution < 1.29 is 9.13 Å². The van der Waals surface area contributed by atoms with Crippen LogP contribution >= 0.6 is 12.2 Å². The number of H-pyrrole nitrogens is 1. The zero-order valence-electron chi connectivity index (χ0n) is 12.9. The Labute approximate surface area is 143 Å². The van der Waals surface area contributed by atoms with Crippen LogP contribution in [0.2, 0.25) is 0 Å². The summed E-state index contributed by atoms with van der Waals surface area (Å²) >= 11 is 5.21. The van der Waals surface area contributed by atoms with E-state index in [-0.39, 0.29) is 5.82 Å². The lowest BCUT2D eigenvalue weighted by Gasteiger charge is -2.03. The Balaban J connectivity index is 1.88. The summed E-state index contributed by atoms with van der Waals surface area (Å²) in [5.74, 6) is 1.01. The second-order valence-corrected chi connectivity index (χ2v) is 5.30. The van der Waals surface area contributed by atoms with E-state index >= 15 is 0 Å². The SMILES string of the molecule is CCOc1ccc(/C=N/n2c(-c3ccc(F)cc3)n[nH]c2=S)cc1. The van der Waals surface area contributed by atoms with Crippen molar-refractivity contribution in [1.82, 2.24) is 14.9 Å². The average molecular weight is 342 g/mol. The molecule has 7 heteroatoms. The van der Waals surface area contributed by atoms with Gasteiger partial charge >= 0.3 is 0 Å². The number of aromatic nitrogens is 3. The fourth-order valence-electron chi connectivity index (χ4n) is 2.13. The van der Waals surface area contributed by atoms with E-state index in [1.807, 2.05) is 31.2 Å². The number of hydrogen-bond donors (Lipinski definition) is 1. The van der Waals surface area contributed by atoms with E-state index in [2.05, 4.69) is 15.3 Å². The standard InChI is InChI=1S/C17H15FN4OS/c1-2-23-15-9-3-12(4-10-15)11-19-22-16(20-21-17(22)24)13-5-7-14(18)8-6-13/h3-11H,2H2,1H3,(H,21,24)/b19-11+. The molecule has 3 aromatic rings. The number of hydrogen-bond acceptors (Lipinski definition) is 4. The van der Waals surface area contributed by atoms with E-state index in [1.165, 1.54) is 16.8 Å². The monoisotopic (exact) mass is 342 g/mol. The third-order valence-corrected chi connectivity index (χ3v) is 3.53. The molecule has 1 N–H and O–H groups in total. The third kappa shape index (κ3) is 3.57. The van der Waals surface area contributed by atoms with Gasteiger partial charge < -0.3 is 4.74 Å². The van der Waals surface area contributed by atoms with Crippen LogP contribution in [0.5, 0.6) is 5.75 Å². The number of rotatable bonds is 5. The highest BCUT2D eigenvalue weighted by atomic mass is 32.1. The largest absolute Gasteiger partial charge is 0.494 e. The maximum atomic E-state index is 13.1. The predicted octanol–water partition coefficient (Wildman–Crippen LogP) is 4.03. The molecular formula is C17H15FN4OS. The van der Waals surface area contributed by atoms with Crippen LogP contribution in [0.15, 0.2) is 53.6 Å². The quantitative estimate of drug-likeness (QED) is 0.563. The summed E-state index contributed by atoms with van der Waals surface area (Å²) in [7, 11) is 0. The van der Waals surface area contributed by atoms with Crippen molar-refractivity contribution in [1.29, 1.82) is 0 Å². The molecule has 0 fully saturated rings. The molecule has 0 saturated carbocycles. The first-order valence-electron chi connectivity index (χ1n) is 7.38. The number of ether oxygens (including phenoxy) is 1. The van der Waals surface area contributed by atoms with Crippen LogP contribution in [0.3, 0.4) is 0 Å². The lowest BCUT2D eigenvalue weighted by Crippen LogP contribution is -1.95. The Bertz CT molecular complexity index is 898. The van der Waals surface area contributed by atoms with Gasteiger partial charge in [0, 0.05) is 5.56 Å². The maximum absolute atomic E-state index is 13.1. The number of halogens is 1. The van der Waals surface area contributed by atoms with Crippen molar-refractivity contribution >= 4 is 18.4 Å². The first-order valence-corrected chi connectivity index (χ1v) is 7.79. The molecule has 0 spiro atoms. The molecule has 2 aromatic carbocycles. The molecule has 0 aliphatic carbocycles. The van der Waals surface area contributed by atoms with Gasteiger partial charge in [0.1, 0.15) is 11.6 Å². The van der Waals surface area contributed by atoms with Crippen LogP contribution in [0.1, 0.15) is 12.5 Å². The van der Waals surface area contributed by atoms with Crippen molar-refractivity contribution in [3.8, 4) is 17.1 Å². The first kappa shape index (κ1) is 16.1. The van der Waals surface area contributed by atoms with Crippen LogP contribution in [0.4, 0.5) is 4.39 Å². The molecule has 0 saturated heterocycles. The summed E-state index contributed by atoms with van der Waals surface area (Å²) in [6.45, 7) is 2.56. The summed E-state index contributed by atoms with van der Waals surface area (Å²) in [6, 6.07) is 13.5. The minimum absolute atomic E-state index is 0.308. The van der Waals surface area contributed by atoms with Crippen molar-refractivity contribution in [3.63, 3.8) is 0 Å². The third-order valence-electron chi connectivity index (χ3n) is 3.27. The van der Waals surface area contributed by atoms with E-state index in [4.69, 9.17) is 17.0 Å². The topological polar surface area (TPSA) is 55.2 Å². The number of benzene rings is 2. The minimum Gasteiger partial charge on any atom is -0.494 e. The van der Waals surface area contributed by atoms with Crippen molar-refractivity contribution in [2.24, 2.45) is 5.10 Å². The molecule has 0 aliphatic rings. The van der Waals surface area contributed by atoms with Gasteiger partial charge in [0.25, 0.3) is 0 Å². The van der Waals surface area contributed by atoms with Crippen molar-refractivity contribution in [3.05, 3.63) is 64.7 Å². The van der Waals surface area contributed by atoms with Gasteiger partial charge in [-0.25, -0.2) is 9.49 Å². The van der Waals surface area contributed by atoms with E-state index in [9.17, 15) is 4.39 Å². The Morgan fingerprint density at radius 3 is 2.58 bits per heavy atom. The van der Waals surface area contributed by atoms with E-state index in [0.29, 0.717) is 22.8 Å².